The van der Waals surface area contributed by atoms with Crippen LogP contribution >= 0.6 is 0 Å². The Hall–Kier alpha value is -0.770. The Morgan fingerprint density at radius 1 is 1.22 bits per heavy atom. The maximum atomic E-state index is 11.6. The van der Waals surface area contributed by atoms with E-state index >= 15 is 0 Å². The van der Waals surface area contributed by atoms with Crippen LogP contribution in [0.5, 0.6) is 0 Å². The van der Waals surface area contributed by atoms with Crippen LogP contribution in [0.1, 0.15) is 54.4 Å². The van der Waals surface area contributed by atoms with Gasteiger partial charge in [-0.3, -0.25) is 0 Å². The molecule has 1 amide bonds. The Labute approximate surface area is 112 Å². The predicted molar refractivity (Wildman–Crippen MR) is 75.9 cm³/mol. The van der Waals surface area contributed by atoms with Gasteiger partial charge in [-0.2, -0.15) is 0 Å². The average molecular weight is 258 g/mol. The fraction of sp³-hybridized carbons (Fsp3) is 0.929. The van der Waals surface area contributed by atoms with Gasteiger partial charge in [0.2, 0.25) is 0 Å². The number of hydrogen-bond acceptors (Lipinski definition) is 3. The number of amides is 1. The SMILES string of the molecule is CCCN(CCC)C[C@@H](C)NC(=O)OC(C)(C)C. The van der Waals surface area contributed by atoms with Crippen molar-refractivity contribution in [1.29, 1.82) is 0 Å². The Morgan fingerprint density at radius 3 is 2.11 bits per heavy atom. The molecule has 0 aliphatic heterocycles. The summed E-state index contributed by atoms with van der Waals surface area (Å²) in [4.78, 5) is 14.0. The Kier molecular flexibility index (Phi) is 8.00. The Bertz CT molecular complexity index is 230. The van der Waals surface area contributed by atoms with Crippen molar-refractivity contribution in [2.75, 3.05) is 19.6 Å². The summed E-state index contributed by atoms with van der Waals surface area (Å²) in [5.41, 5.74) is -0.434. The number of ether oxygens (including phenoxy) is 1. The highest BCUT2D eigenvalue weighted by atomic mass is 16.6. The van der Waals surface area contributed by atoms with Crippen molar-refractivity contribution in [3.63, 3.8) is 0 Å². The second-order valence-electron chi connectivity index (χ2n) is 5.85. The molecule has 0 radical (unpaired) electrons. The summed E-state index contributed by atoms with van der Waals surface area (Å²) in [5.74, 6) is 0. The molecule has 0 aromatic rings. The molecule has 1 N–H and O–H groups in total. The van der Waals surface area contributed by atoms with Crippen LogP contribution in [-0.2, 0) is 4.74 Å². The highest BCUT2D eigenvalue weighted by Crippen LogP contribution is 2.07. The fourth-order valence-electron chi connectivity index (χ4n) is 1.87. The van der Waals surface area contributed by atoms with Crippen LogP contribution in [0.3, 0.4) is 0 Å². The van der Waals surface area contributed by atoms with E-state index in [2.05, 4.69) is 24.1 Å². The summed E-state index contributed by atoms with van der Waals surface area (Å²) in [6.07, 6.45) is 1.95. The van der Waals surface area contributed by atoms with Gasteiger partial charge in [-0.25, -0.2) is 4.79 Å². The number of alkyl carbamates (subject to hydrolysis) is 1. The van der Waals surface area contributed by atoms with Gasteiger partial charge in [0.1, 0.15) is 5.60 Å². The lowest BCUT2D eigenvalue weighted by Gasteiger charge is -2.26. The standard InChI is InChI=1S/C14H30N2O2/c1-7-9-16(10-8-2)11-12(3)15-13(17)18-14(4,5)6/h12H,7-11H2,1-6H3,(H,15,17)/t12-/m1/s1. The third-order valence-corrected chi connectivity index (χ3v) is 2.37. The quantitative estimate of drug-likeness (QED) is 0.763. The first-order valence-corrected chi connectivity index (χ1v) is 7.00. The summed E-state index contributed by atoms with van der Waals surface area (Å²) in [7, 11) is 0. The minimum atomic E-state index is -0.434. The van der Waals surface area contributed by atoms with E-state index < -0.39 is 5.60 Å². The van der Waals surface area contributed by atoms with E-state index in [1.807, 2.05) is 27.7 Å². The topological polar surface area (TPSA) is 41.6 Å². The number of rotatable bonds is 7. The largest absolute Gasteiger partial charge is 0.444 e. The molecule has 0 aliphatic carbocycles. The zero-order valence-corrected chi connectivity index (χ0v) is 12.9. The Balaban J connectivity index is 4.06. The molecule has 0 aliphatic rings. The molecular formula is C14H30N2O2. The number of carbonyl (C=O) groups is 1. The van der Waals surface area contributed by atoms with Gasteiger partial charge < -0.3 is 15.0 Å². The second kappa shape index (κ2) is 8.35. The van der Waals surface area contributed by atoms with E-state index in [4.69, 9.17) is 4.74 Å². The molecule has 0 unspecified atom stereocenters. The van der Waals surface area contributed by atoms with Gasteiger partial charge in [-0.05, 0) is 53.6 Å². The van der Waals surface area contributed by atoms with Gasteiger partial charge in [0.25, 0.3) is 0 Å². The summed E-state index contributed by atoms with van der Waals surface area (Å²) in [6, 6.07) is 0.109. The maximum Gasteiger partial charge on any atom is 0.407 e. The normalized spacial score (nSPS) is 13.5. The minimum Gasteiger partial charge on any atom is -0.444 e. The van der Waals surface area contributed by atoms with E-state index in [0.29, 0.717) is 0 Å². The van der Waals surface area contributed by atoms with Crippen LogP contribution in [0.25, 0.3) is 0 Å². The van der Waals surface area contributed by atoms with E-state index in [-0.39, 0.29) is 12.1 Å². The summed E-state index contributed by atoms with van der Waals surface area (Å²) in [6.45, 7) is 15.0. The lowest BCUT2D eigenvalue weighted by molar-refractivity contribution is 0.0497. The number of hydrogen-bond donors (Lipinski definition) is 1. The molecule has 0 saturated heterocycles. The molecular weight excluding hydrogens is 228 g/mol. The van der Waals surface area contributed by atoms with E-state index in [1.54, 1.807) is 0 Å². The maximum absolute atomic E-state index is 11.6. The first-order chi connectivity index (χ1) is 8.28. The van der Waals surface area contributed by atoms with Crippen LogP contribution < -0.4 is 5.32 Å². The molecule has 0 aromatic carbocycles. The molecule has 4 heteroatoms. The van der Waals surface area contributed by atoms with Crippen molar-refractivity contribution in [1.82, 2.24) is 10.2 Å². The van der Waals surface area contributed by atoms with Crippen molar-refractivity contribution in [2.24, 2.45) is 0 Å². The van der Waals surface area contributed by atoms with Crippen molar-refractivity contribution in [2.45, 2.75) is 66.0 Å². The van der Waals surface area contributed by atoms with Crippen LogP contribution in [0, 0.1) is 0 Å². The van der Waals surface area contributed by atoms with Crippen molar-refractivity contribution < 1.29 is 9.53 Å². The molecule has 0 fully saturated rings. The van der Waals surface area contributed by atoms with Gasteiger partial charge in [-0.1, -0.05) is 13.8 Å². The second-order valence-corrected chi connectivity index (χ2v) is 5.85. The molecule has 4 nitrogen and oxygen atoms in total. The molecule has 0 heterocycles. The van der Waals surface area contributed by atoms with Crippen LogP contribution in [0.2, 0.25) is 0 Å². The number of carbonyl (C=O) groups excluding carboxylic acids is 1. The first-order valence-electron chi connectivity index (χ1n) is 7.00. The highest BCUT2D eigenvalue weighted by Gasteiger charge is 2.18. The predicted octanol–water partition coefficient (Wildman–Crippen LogP) is 3.02. The monoisotopic (exact) mass is 258 g/mol. The Morgan fingerprint density at radius 2 is 1.72 bits per heavy atom. The molecule has 18 heavy (non-hydrogen) atoms. The third kappa shape index (κ3) is 9.28. The molecule has 0 spiro atoms. The van der Waals surface area contributed by atoms with Gasteiger partial charge in [0, 0.05) is 12.6 Å². The zero-order valence-electron chi connectivity index (χ0n) is 12.9. The van der Waals surface area contributed by atoms with Crippen molar-refractivity contribution >= 4 is 6.09 Å². The number of nitrogens with one attached hydrogen (secondary N) is 1. The molecule has 0 bridgehead atoms. The van der Waals surface area contributed by atoms with Gasteiger partial charge in [0.05, 0.1) is 0 Å². The molecule has 108 valence electrons. The van der Waals surface area contributed by atoms with E-state index in [9.17, 15) is 4.79 Å². The lowest BCUT2D eigenvalue weighted by atomic mass is 10.2. The van der Waals surface area contributed by atoms with Crippen LogP contribution in [-0.4, -0.2) is 42.3 Å². The lowest BCUT2D eigenvalue weighted by Crippen LogP contribution is -2.44. The molecule has 0 rings (SSSR count). The fourth-order valence-corrected chi connectivity index (χ4v) is 1.87. The molecule has 1 atom stereocenters. The van der Waals surface area contributed by atoms with Crippen molar-refractivity contribution in [3.8, 4) is 0 Å². The smallest absolute Gasteiger partial charge is 0.407 e. The van der Waals surface area contributed by atoms with Gasteiger partial charge >= 0.3 is 6.09 Å². The van der Waals surface area contributed by atoms with Crippen LogP contribution in [0.15, 0.2) is 0 Å². The van der Waals surface area contributed by atoms with E-state index in [0.717, 1.165) is 32.5 Å². The first kappa shape index (κ1) is 17.2. The molecule has 0 aromatic heterocycles. The van der Waals surface area contributed by atoms with Gasteiger partial charge in [0.15, 0.2) is 0 Å². The highest BCUT2D eigenvalue weighted by molar-refractivity contribution is 5.68. The summed E-state index contributed by atoms with van der Waals surface area (Å²) in [5, 5.41) is 2.88. The van der Waals surface area contributed by atoms with Crippen molar-refractivity contribution in [3.05, 3.63) is 0 Å². The molecule has 0 saturated carbocycles. The van der Waals surface area contributed by atoms with Gasteiger partial charge in [-0.15, -0.1) is 0 Å². The van der Waals surface area contributed by atoms with E-state index in [1.165, 1.54) is 0 Å². The minimum absolute atomic E-state index is 0.109. The van der Waals surface area contributed by atoms with Crippen LogP contribution in [0.4, 0.5) is 4.79 Å². The summed E-state index contributed by atoms with van der Waals surface area (Å²) >= 11 is 0. The number of nitrogens with zero attached hydrogens (tertiary/aromatic N) is 1. The third-order valence-electron chi connectivity index (χ3n) is 2.37. The average Bonchev–Trinajstić information content (AvgIpc) is 2.14. The summed E-state index contributed by atoms with van der Waals surface area (Å²) < 4.78 is 5.24. The zero-order chi connectivity index (χ0) is 14.2.